The van der Waals surface area contributed by atoms with Crippen molar-refractivity contribution in [1.29, 1.82) is 0 Å². The molecular weight excluding hydrogens is 158 g/mol. The number of nitrogens with two attached hydrogens (primary N) is 1. The second-order valence-electron chi connectivity index (χ2n) is 2.11. The fraction of sp³-hybridized carbons (Fsp3) is 0. The topological polar surface area (TPSA) is 82.0 Å². The molecule has 12 heavy (non-hydrogen) atoms. The van der Waals surface area contributed by atoms with Crippen molar-refractivity contribution >= 4 is 5.70 Å². The molecule has 1 heterocycles. The summed E-state index contributed by atoms with van der Waals surface area (Å²) in [6, 6.07) is 3.21. The van der Waals surface area contributed by atoms with E-state index >= 15 is 0 Å². The van der Waals surface area contributed by atoms with Gasteiger partial charge in [0, 0.05) is 18.0 Å². The lowest BCUT2D eigenvalue weighted by molar-refractivity contribution is -0.401. The van der Waals surface area contributed by atoms with Gasteiger partial charge in [0.2, 0.25) is 0 Å². The maximum atomic E-state index is 10.0. The number of rotatable bonds is 2. The van der Waals surface area contributed by atoms with Crippen LogP contribution in [0.4, 0.5) is 0 Å². The zero-order valence-corrected chi connectivity index (χ0v) is 6.18. The van der Waals surface area contributed by atoms with E-state index in [4.69, 9.17) is 5.73 Å². The van der Waals surface area contributed by atoms with Gasteiger partial charge >= 0.3 is 0 Å². The summed E-state index contributed by atoms with van der Waals surface area (Å²) in [5.74, 6) is 0. The van der Waals surface area contributed by atoms with Crippen LogP contribution in [0.1, 0.15) is 5.56 Å². The average molecular weight is 165 g/mol. The van der Waals surface area contributed by atoms with Crippen LogP contribution in [0.2, 0.25) is 0 Å². The number of aromatic nitrogens is 1. The average Bonchev–Trinajstić information content (AvgIpc) is 2.05. The molecule has 0 saturated heterocycles. The van der Waals surface area contributed by atoms with Crippen LogP contribution in [0.3, 0.4) is 0 Å². The monoisotopic (exact) mass is 165 g/mol. The van der Waals surface area contributed by atoms with E-state index in [2.05, 4.69) is 4.98 Å². The number of hydrogen-bond acceptors (Lipinski definition) is 4. The summed E-state index contributed by atoms with van der Waals surface area (Å²) in [7, 11) is 0. The van der Waals surface area contributed by atoms with E-state index in [1.165, 1.54) is 12.4 Å². The van der Waals surface area contributed by atoms with Crippen molar-refractivity contribution in [3.05, 3.63) is 46.4 Å². The van der Waals surface area contributed by atoms with Gasteiger partial charge in [-0.1, -0.05) is 0 Å². The molecule has 0 spiro atoms. The Morgan fingerprint density at radius 1 is 1.58 bits per heavy atom. The van der Waals surface area contributed by atoms with Crippen molar-refractivity contribution in [2.45, 2.75) is 0 Å². The fourth-order valence-electron chi connectivity index (χ4n) is 0.732. The van der Waals surface area contributed by atoms with Crippen LogP contribution in [-0.4, -0.2) is 9.91 Å². The SMILES string of the molecule is NC(=C[N+](=O)[O-])c1ccncc1. The van der Waals surface area contributed by atoms with Crippen LogP contribution < -0.4 is 5.73 Å². The minimum Gasteiger partial charge on any atom is -0.393 e. The van der Waals surface area contributed by atoms with Crippen LogP contribution in [0.15, 0.2) is 30.7 Å². The Bertz CT molecular complexity index is 308. The standard InChI is InChI=1S/C7H7N3O2/c8-7(5-10(11)12)6-1-3-9-4-2-6/h1-5H,8H2. The predicted octanol–water partition coefficient (Wildman–Crippen LogP) is 0.615. The Labute approximate surface area is 68.7 Å². The first kappa shape index (κ1) is 8.19. The molecule has 0 aliphatic rings. The highest BCUT2D eigenvalue weighted by Crippen LogP contribution is 2.05. The van der Waals surface area contributed by atoms with E-state index in [0.29, 0.717) is 5.56 Å². The van der Waals surface area contributed by atoms with Crippen molar-refractivity contribution in [2.75, 3.05) is 0 Å². The fourth-order valence-corrected chi connectivity index (χ4v) is 0.732. The van der Waals surface area contributed by atoms with Gasteiger partial charge in [0.05, 0.1) is 4.92 Å². The van der Waals surface area contributed by atoms with Gasteiger partial charge in [-0.2, -0.15) is 0 Å². The molecule has 5 nitrogen and oxygen atoms in total. The number of nitrogens with zero attached hydrogens (tertiary/aromatic N) is 2. The third-order valence-electron chi connectivity index (χ3n) is 1.26. The molecule has 2 N–H and O–H groups in total. The smallest absolute Gasteiger partial charge is 0.257 e. The third-order valence-corrected chi connectivity index (χ3v) is 1.26. The molecule has 0 radical (unpaired) electrons. The molecule has 0 saturated carbocycles. The summed E-state index contributed by atoms with van der Waals surface area (Å²) < 4.78 is 0. The Kier molecular flexibility index (Phi) is 2.37. The van der Waals surface area contributed by atoms with Crippen LogP contribution in [0, 0.1) is 10.1 Å². The van der Waals surface area contributed by atoms with Crippen LogP contribution in [-0.2, 0) is 0 Å². The van der Waals surface area contributed by atoms with Gasteiger partial charge in [-0.05, 0) is 12.1 Å². The van der Waals surface area contributed by atoms with Gasteiger partial charge in [0.25, 0.3) is 6.20 Å². The molecule has 0 aliphatic carbocycles. The van der Waals surface area contributed by atoms with E-state index in [-0.39, 0.29) is 5.70 Å². The predicted molar refractivity (Wildman–Crippen MR) is 43.4 cm³/mol. The zero-order chi connectivity index (χ0) is 8.97. The molecule has 0 bridgehead atoms. The highest BCUT2D eigenvalue weighted by molar-refractivity contribution is 5.60. The van der Waals surface area contributed by atoms with E-state index < -0.39 is 4.92 Å². The zero-order valence-electron chi connectivity index (χ0n) is 6.18. The minimum absolute atomic E-state index is 0.127. The Balaban J connectivity index is 2.93. The van der Waals surface area contributed by atoms with Crippen molar-refractivity contribution in [1.82, 2.24) is 4.98 Å². The van der Waals surface area contributed by atoms with Crippen molar-refractivity contribution in [3.63, 3.8) is 0 Å². The van der Waals surface area contributed by atoms with Crippen LogP contribution >= 0.6 is 0 Å². The highest BCUT2D eigenvalue weighted by atomic mass is 16.6. The molecule has 5 heteroatoms. The molecular formula is C7H7N3O2. The highest BCUT2D eigenvalue weighted by Gasteiger charge is 1.99. The number of pyridine rings is 1. The second kappa shape index (κ2) is 3.47. The van der Waals surface area contributed by atoms with E-state index in [0.717, 1.165) is 6.20 Å². The Morgan fingerprint density at radius 2 is 2.17 bits per heavy atom. The van der Waals surface area contributed by atoms with Crippen molar-refractivity contribution in [3.8, 4) is 0 Å². The first-order chi connectivity index (χ1) is 5.70. The molecule has 1 rings (SSSR count). The third kappa shape index (κ3) is 2.05. The maximum absolute atomic E-state index is 10.0. The molecule has 1 aromatic heterocycles. The number of hydrogen-bond donors (Lipinski definition) is 1. The molecule has 0 aromatic carbocycles. The largest absolute Gasteiger partial charge is 0.393 e. The molecule has 0 fully saturated rings. The molecule has 0 unspecified atom stereocenters. The van der Waals surface area contributed by atoms with Crippen molar-refractivity contribution < 1.29 is 4.92 Å². The van der Waals surface area contributed by atoms with Gasteiger partial charge in [-0.15, -0.1) is 0 Å². The lowest BCUT2D eigenvalue weighted by Crippen LogP contribution is -1.99. The maximum Gasteiger partial charge on any atom is 0.257 e. The second-order valence-corrected chi connectivity index (χ2v) is 2.11. The normalized spacial score (nSPS) is 11.2. The van der Waals surface area contributed by atoms with Crippen LogP contribution in [0.25, 0.3) is 5.70 Å². The van der Waals surface area contributed by atoms with Gasteiger partial charge in [-0.3, -0.25) is 15.1 Å². The van der Waals surface area contributed by atoms with Gasteiger partial charge in [0.1, 0.15) is 5.70 Å². The Morgan fingerprint density at radius 3 is 2.67 bits per heavy atom. The summed E-state index contributed by atoms with van der Waals surface area (Å²) in [6.07, 6.45) is 3.81. The molecule has 0 atom stereocenters. The molecule has 62 valence electrons. The minimum atomic E-state index is -0.588. The number of nitro groups is 1. The van der Waals surface area contributed by atoms with Crippen LogP contribution in [0.5, 0.6) is 0 Å². The van der Waals surface area contributed by atoms with E-state index in [1.807, 2.05) is 0 Å². The molecule has 0 aliphatic heterocycles. The lowest BCUT2D eigenvalue weighted by atomic mass is 10.2. The summed E-state index contributed by atoms with van der Waals surface area (Å²) in [6.45, 7) is 0. The van der Waals surface area contributed by atoms with Crippen molar-refractivity contribution in [2.24, 2.45) is 5.73 Å². The first-order valence-corrected chi connectivity index (χ1v) is 3.21. The van der Waals surface area contributed by atoms with E-state index in [1.54, 1.807) is 12.1 Å². The molecule has 1 aromatic rings. The summed E-state index contributed by atoms with van der Waals surface area (Å²) in [5.41, 5.74) is 6.11. The lowest BCUT2D eigenvalue weighted by Gasteiger charge is -1.95. The summed E-state index contributed by atoms with van der Waals surface area (Å²) in [4.78, 5) is 13.2. The van der Waals surface area contributed by atoms with E-state index in [9.17, 15) is 10.1 Å². The Hall–Kier alpha value is -1.91. The quantitative estimate of drug-likeness (QED) is 0.514. The van der Waals surface area contributed by atoms with Gasteiger partial charge in [-0.25, -0.2) is 0 Å². The van der Waals surface area contributed by atoms with Gasteiger partial charge in [0.15, 0.2) is 0 Å². The summed E-state index contributed by atoms with van der Waals surface area (Å²) >= 11 is 0. The van der Waals surface area contributed by atoms with Gasteiger partial charge < -0.3 is 5.73 Å². The first-order valence-electron chi connectivity index (χ1n) is 3.21. The molecule has 0 amide bonds. The summed E-state index contributed by atoms with van der Waals surface area (Å²) in [5, 5.41) is 10.0.